The van der Waals surface area contributed by atoms with Crippen molar-refractivity contribution in [2.24, 2.45) is 0 Å². The Kier molecular flexibility index (Phi) is 10.3. The maximum atomic E-state index is 5.87. The molecule has 0 radical (unpaired) electrons. The summed E-state index contributed by atoms with van der Waals surface area (Å²) in [5.41, 5.74) is 1.43. The molecule has 2 heteroatoms. The summed E-state index contributed by atoms with van der Waals surface area (Å²) < 4.78 is 5.87. The van der Waals surface area contributed by atoms with Crippen LogP contribution in [0.25, 0.3) is 0 Å². The fourth-order valence-electron chi connectivity index (χ4n) is 2.30. The van der Waals surface area contributed by atoms with Gasteiger partial charge in [-0.05, 0) is 64.1 Å². The van der Waals surface area contributed by atoms with Gasteiger partial charge in [-0.3, -0.25) is 0 Å². The lowest BCUT2D eigenvalue weighted by molar-refractivity contribution is 0.0562. The molecule has 2 nitrogen and oxygen atoms in total. The minimum absolute atomic E-state index is 0.411. The van der Waals surface area contributed by atoms with E-state index in [1.54, 1.807) is 0 Å². The molecular weight excluding hydrogens is 246 g/mol. The normalized spacial score (nSPS) is 12.5. The summed E-state index contributed by atoms with van der Waals surface area (Å²) in [5, 5.41) is 3.36. The predicted molar refractivity (Wildman–Crippen MR) is 87.2 cm³/mol. The molecule has 20 heavy (non-hydrogen) atoms. The van der Waals surface area contributed by atoms with Crippen molar-refractivity contribution in [3.8, 4) is 0 Å². The van der Waals surface area contributed by atoms with Crippen molar-refractivity contribution in [1.29, 1.82) is 0 Å². The van der Waals surface area contributed by atoms with E-state index in [2.05, 4.69) is 49.5 Å². The second-order valence-corrected chi connectivity index (χ2v) is 5.47. The first-order valence-electron chi connectivity index (χ1n) is 8.19. The summed E-state index contributed by atoms with van der Waals surface area (Å²) in [5.74, 6) is 0. The van der Waals surface area contributed by atoms with Gasteiger partial charge in [-0.25, -0.2) is 0 Å². The summed E-state index contributed by atoms with van der Waals surface area (Å²) in [6.45, 7) is 7.47. The highest BCUT2D eigenvalue weighted by atomic mass is 16.5. The molecule has 0 saturated carbocycles. The van der Waals surface area contributed by atoms with Crippen molar-refractivity contribution in [2.45, 2.75) is 58.5 Å². The molecule has 0 saturated heterocycles. The first-order valence-corrected chi connectivity index (χ1v) is 8.19. The number of rotatable bonds is 12. The molecule has 1 atom stereocenters. The van der Waals surface area contributed by atoms with Crippen molar-refractivity contribution in [3.63, 3.8) is 0 Å². The topological polar surface area (TPSA) is 21.3 Å². The van der Waals surface area contributed by atoms with E-state index >= 15 is 0 Å². The van der Waals surface area contributed by atoms with Gasteiger partial charge in [0.15, 0.2) is 0 Å². The summed E-state index contributed by atoms with van der Waals surface area (Å²) in [4.78, 5) is 0. The van der Waals surface area contributed by atoms with Crippen LogP contribution in [0.3, 0.4) is 0 Å². The molecule has 0 amide bonds. The monoisotopic (exact) mass is 277 g/mol. The molecule has 0 aliphatic heterocycles. The minimum Gasteiger partial charge on any atom is -0.379 e. The van der Waals surface area contributed by atoms with Gasteiger partial charge in [0.25, 0.3) is 0 Å². The van der Waals surface area contributed by atoms with E-state index < -0.39 is 0 Å². The fourth-order valence-corrected chi connectivity index (χ4v) is 2.30. The van der Waals surface area contributed by atoms with Gasteiger partial charge < -0.3 is 10.1 Å². The smallest absolute Gasteiger partial charge is 0.0547 e. The van der Waals surface area contributed by atoms with E-state index in [1.165, 1.54) is 37.7 Å². The van der Waals surface area contributed by atoms with Crippen molar-refractivity contribution >= 4 is 0 Å². The predicted octanol–water partition coefficient (Wildman–Crippen LogP) is 4.19. The SMILES string of the molecule is CCNCCCCC(C)OCCCCc1ccccc1. The fraction of sp³-hybridized carbons (Fsp3) is 0.667. The first kappa shape index (κ1) is 17.2. The van der Waals surface area contributed by atoms with Crippen LogP contribution in [0.5, 0.6) is 0 Å². The molecular formula is C18H31NO. The second-order valence-electron chi connectivity index (χ2n) is 5.47. The highest BCUT2D eigenvalue weighted by molar-refractivity contribution is 5.14. The standard InChI is InChI=1S/C18H31NO/c1-3-19-15-9-7-11-17(2)20-16-10-8-14-18-12-5-4-6-13-18/h4-6,12-13,17,19H,3,7-11,14-16H2,1-2H3. The molecule has 0 bridgehead atoms. The van der Waals surface area contributed by atoms with Crippen molar-refractivity contribution in [3.05, 3.63) is 35.9 Å². The Balaban J connectivity index is 1.90. The third kappa shape index (κ3) is 9.11. The maximum Gasteiger partial charge on any atom is 0.0547 e. The van der Waals surface area contributed by atoms with Crippen LogP contribution in [-0.2, 0) is 11.2 Å². The Morgan fingerprint density at radius 1 is 1.05 bits per heavy atom. The zero-order valence-corrected chi connectivity index (χ0v) is 13.2. The van der Waals surface area contributed by atoms with Crippen LogP contribution in [-0.4, -0.2) is 25.8 Å². The lowest BCUT2D eigenvalue weighted by Crippen LogP contribution is -2.15. The van der Waals surface area contributed by atoms with Crippen LogP contribution in [0.1, 0.15) is 51.5 Å². The third-order valence-corrected chi connectivity index (χ3v) is 3.57. The molecule has 0 aliphatic carbocycles. The van der Waals surface area contributed by atoms with Gasteiger partial charge in [-0.1, -0.05) is 37.3 Å². The number of benzene rings is 1. The highest BCUT2D eigenvalue weighted by Crippen LogP contribution is 2.07. The molecule has 0 spiro atoms. The largest absolute Gasteiger partial charge is 0.379 e. The van der Waals surface area contributed by atoms with Gasteiger partial charge in [0.2, 0.25) is 0 Å². The van der Waals surface area contributed by atoms with Gasteiger partial charge in [0, 0.05) is 6.61 Å². The van der Waals surface area contributed by atoms with E-state index in [1.807, 2.05) is 0 Å². The Morgan fingerprint density at radius 3 is 2.60 bits per heavy atom. The molecule has 0 aromatic heterocycles. The summed E-state index contributed by atoms with van der Waals surface area (Å²) in [6, 6.07) is 10.7. The van der Waals surface area contributed by atoms with Gasteiger partial charge >= 0.3 is 0 Å². The molecule has 114 valence electrons. The maximum absolute atomic E-state index is 5.87. The average Bonchev–Trinajstić information content (AvgIpc) is 2.48. The lowest BCUT2D eigenvalue weighted by Gasteiger charge is -2.13. The van der Waals surface area contributed by atoms with Crippen LogP contribution in [0.15, 0.2) is 30.3 Å². The van der Waals surface area contributed by atoms with E-state index in [9.17, 15) is 0 Å². The zero-order chi connectivity index (χ0) is 14.5. The summed E-state index contributed by atoms with van der Waals surface area (Å²) >= 11 is 0. The number of ether oxygens (including phenoxy) is 1. The van der Waals surface area contributed by atoms with Crippen molar-refractivity contribution < 1.29 is 4.74 Å². The molecule has 0 aliphatic rings. The van der Waals surface area contributed by atoms with E-state index in [-0.39, 0.29) is 0 Å². The summed E-state index contributed by atoms with van der Waals surface area (Å²) in [7, 11) is 0. The number of hydrogen-bond acceptors (Lipinski definition) is 2. The third-order valence-electron chi connectivity index (χ3n) is 3.57. The van der Waals surface area contributed by atoms with Crippen molar-refractivity contribution in [1.82, 2.24) is 5.32 Å². The molecule has 1 unspecified atom stereocenters. The average molecular weight is 277 g/mol. The number of unbranched alkanes of at least 4 members (excludes halogenated alkanes) is 2. The molecule has 1 aromatic rings. The molecule has 1 N–H and O–H groups in total. The van der Waals surface area contributed by atoms with E-state index in [0.717, 1.165) is 26.1 Å². The number of aryl methyl sites for hydroxylation is 1. The number of nitrogens with one attached hydrogen (secondary N) is 1. The first-order chi connectivity index (χ1) is 9.83. The molecule has 0 heterocycles. The molecule has 0 fully saturated rings. The van der Waals surface area contributed by atoms with Gasteiger partial charge in [0.1, 0.15) is 0 Å². The van der Waals surface area contributed by atoms with Gasteiger partial charge in [-0.2, -0.15) is 0 Å². The Bertz CT molecular complexity index is 312. The second kappa shape index (κ2) is 11.9. The lowest BCUT2D eigenvalue weighted by atomic mass is 10.1. The Labute approximate surface area is 124 Å². The highest BCUT2D eigenvalue weighted by Gasteiger charge is 2.01. The Hall–Kier alpha value is -0.860. The Morgan fingerprint density at radius 2 is 1.85 bits per heavy atom. The van der Waals surface area contributed by atoms with E-state index in [4.69, 9.17) is 4.74 Å². The molecule has 1 rings (SSSR count). The summed E-state index contributed by atoms with van der Waals surface area (Å²) in [6.07, 6.45) is 7.67. The number of hydrogen-bond donors (Lipinski definition) is 1. The quantitative estimate of drug-likeness (QED) is 0.578. The van der Waals surface area contributed by atoms with Gasteiger partial charge in [0.05, 0.1) is 6.10 Å². The van der Waals surface area contributed by atoms with Crippen LogP contribution < -0.4 is 5.32 Å². The minimum atomic E-state index is 0.411. The van der Waals surface area contributed by atoms with Crippen LogP contribution >= 0.6 is 0 Å². The molecule has 1 aromatic carbocycles. The zero-order valence-electron chi connectivity index (χ0n) is 13.2. The van der Waals surface area contributed by atoms with Crippen LogP contribution in [0, 0.1) is 0 Å². The van der Waals surface area contributed by atoms with Crippen LogP contribution in [0.4, 0.5) is 0 Å². The van der Waals surface area contributed by atoms with Crippen LogP contribution in [0.2, 0.25) is 0 Å². The van der Waals surface area contributed by atoms with Gasteiger partial charge in [-0.15, -0.1) is 0 Å². The van der Waals surface area contributed by atoms with Crippen molar-refractivity contribution in [2.75, 3.05) is 19.7 Å². The van der Waals surface area contributed by atoms with E-state index in [0.29, 0.717) is 6.10 Å².